The first-order valence-corrected chi connectivity index (χ1v) is 7.04. The Hall–Kier alpha value is -1.82. The molecule has 1 heterocycles. The predicted octanol–water partition coefficient (Wildman–Crippen LogP) is 4.59. The first-order valence-electron chi connectivity index (χ1n) is 5.47. The van der Waals surface area contributed by atoms with Crippen LogP contribution in [0.25, 0.3) is 0 Å². The van der Waals surface area contributed by atoms with Gasteiger partial charge in [0.1, 0.15) is 10.9 Å². The molecule has 2 aromatic rings. The smallest absolute Gasteiger partial charge is 0.298 e. The van der Waals surface area contributed by atoms with E-state index in [-0.39, 0.29) is 15.7 Å². The maximum absolute atomic E-state index is 12.7. The van der Waals surface area contributed by atoms with Crippen molar-refractivity contribution in [1.29, 1.82) is 5.26 Å². The van der Waals surface area contributed by atoms with E-state index < -0.39 is 22.7 Å². The van der Waals surface area contributed by atoms with Crippen molar-refractivity contribution < 1.29 is 18.0 Å². The van der Waals surface area contributed by atoms with Gasteiger partial charge in [-0.2, -0.15) is 18.4 Å². The van der Waals surface area contributed by atoms with Gasteiger partial charge in [-0.25, -0.2) is 4.98 Å². The summed E-state index contributed by atoms with van der Waals surface area (Å²) in [4.78, 5) is 14.6. The van der Waals surface area contributed by atoms with E-state index in [2.05, 4.69) is 10.3 Å². The number of benzene rings is 1. The van der Waals surface area contributed by atoms with Gasteiger partial charge in [-0.05, 0) is 18.2 Å². The van der Waals surface area contributed by atoms with Gasteiger partial charge in [0, 0.05) is 5.02 Å². The molecule has 1 amide bonds. The summed E-state index contributed by atoms with van der Waals surface area (Å²) in [5.41, 5.74) is -1.31. The molecule has 0 saturated heterocycles. The molecule has 4 nitrogen and oxygen atoms in total. The number of carbonyl (C=O) groups is 1. The predicted molar refractivity (Wildman–Crippen MR) is 76.2 cm³/mol. The number of carbonyl (C=O) groups excluding carboxylic acids is 1. The zero-order valence-corrected chi connectivity index (χ0v) is 12.7. The van der Waals surface area contributed by atoms with Crippen molar-refractivity contribution in [3.63, 3.8) is 0 Å². The summed E-state index contributed by atoms with van der Waals surface area (Å²) < 4.78 is 38.0. The first kappa shape index (κ1) is 16.5. The number of rotatable bonds is 2. The third-order valence-corrected chi connectivity index (χ3v) is 3.82. The fraction of sp³-hybridized carbons (Fsp3) is 0.0833. The number of anilines is 1. The number of alkyl halides is 3. The molecule has 0 saturated carbocycles. The minimum atomic E-state index is -4.78. The van der Waals surface area contributed by atoms with E-state index in [1.54, 1.807) is 0 Å². The SMILES string of the molecule is N#Cc1sc(NC(=O)c2ccc(Cl)cc2Cl)nc1C(F)(F)F. The fourth-order valence-electron chi connectivity index (χ4n) is 1.48. The molecule has 0 fully saturated rings. The van der Waals surface area contributed by atoms with E-state index in [4.69, 9.17) is 28.5 Å². The van der Waals surface area contributed by atoms with Gasteiger partial charge in [0.15, 0.2) is 10.8 Å². The second-order valence-corrected chi connectivity index (χ2v) is 5.73. The molecule has 0 aliphatic heterocycles. The fourth-order valence-corrected chi connectivity index (χ4v) is 2.75. The Morgan fingerprint density at radius 1 is 1.36 bits per heavy atom. The zero-order chi connectivity index (χ0) is 16.5. The van der Waals surface area contributed by atoms with Crippen LogP contribution < -0.4 is 5.32 Å². The molecular weight excluding hydrogens is 362 g/mol. The molecule has 1 aromatic heterocycles. The second kappa shape index (κ2) is 6.12. The standard InChI is InChI=1S/C12H4Cl2F3N3OS/c13-5-1-2-6(7(14)3-5)10(21)20-11-19-9(12(15,16)17)8(4-18)22-11/h1-3H,(H,19,20,21). The van der Waals surface area contributed by atoms with E-state index in [9.17, 15) is 18.0 Å². The number of hydrogen-bond donors (Lipinski definition) is 1. The topological polar surface area (TPSA) is 65.8 Å². The van der Waals surface area contributed by atoms with Crippen LogP contribution in [0.3, 0.4) is 0 Å². The van der Waals surface area contributed by atoms with Crippen molar-refractivity contribution in [3.8, 4) is 6.07 Å². The molecule has 2 rings (SSSR count). The number of hydrogen-bond acceptors (Lipinski definition) is 4. The average Bonchev–Trinajstić information content (AvgIpc) is 2.81. The van der Waals surface area contributed by atoms with Crippen LogP contribution in [0.4, 0.5) is 18.3 Å². The largest absolute Gasteiger partial charge is 0.435 e. The molecular formula is C12H4Cl2F3N3OS. The average molecular weight is 366 g/mol. The minimum absolute atomic E-state index is 0.0216. The van der Waals surface area contributed by atoms with E-state index in [0.717, 1.165) is 0 Å². The molecule has 0 atom stereocenters. The molecule has 0 unspecified atom stereocenters. The molecule has 0 bridgehead atoms. The number of nitriles is 1. The summed E-state index contributed by atoms with van der Waals surface area (Å²) in [6.45, 7) is 0. The van der Waals surface area contributed by atoms with Gasteiger partial charge in [-0.3, -0.25) is 10.1 Å². The Labute approximate surface area is 136 Å². The molecule has 114 valence electrons. The molecule has 1 aromatic carbocycles. The van der Waals surface area contributed by atoms with Crippen molar-refractivity contribution in [3.05, 3.63) is 44.4 Å². The van der Waals surface area contributed by atoms with E-state index in [0.29, 0.717) is 16.4 Å². The zero-order valence-electron chi connectivity index (χ0n) is 10.3. The third kappa shape index (κ3) is 3.50. The van der Waals surface area contributed by atoms with Gasteiger partial charge in [0.2, 0.25) is 0 Å². The highest BCUT2D eigenvalue weighted by atomic mass is 35.5. The third-order valence-electron chi connectivity index (χ3n) is 2.39. The van der Waals surface area contributed by atoms with Gasteiger partial charge in [-0.1, -0.05) is 34.5 Å². The van der Waals surface area contributed by atoms with Crippen molar-refractivity contribution in [1.82, 2.24) is 4.98 Å². The lowest BCUT2D eigenvalue weighted by molar-refractivity contribution is -0.140. The molecule has 0 aliphatic carbocycles. The number of halogens is 5. The first-order chi connectivity index (χ1) is 10.2. The molecule has 0 spiro atoms. The highest BCUT2D eigenvalue weighted by Crippen LogP contribution is 2.35. The van der Waals surface area contributed by atoms with Gasteiger partial charge in [0.05, 0.1) is 10.6 Å². The van der Waals surface area contributed by atoms with E-state index in [1.165, 1.54) is 24.3 Å². The van der Waals surface area contributed by atoms with Crippen LogP contribution in [0.2, 0.25) is 10.0 Å². The van der Waals surface area contributed by atoms with Crippen molar-refractivity contribution >= 4 is 45.6 Å². The molecule has 22 heavy (non-hydrogen) atoms. The van der Waals surface area contributed by atoms with E-state index >= 15 is 0 Å². The van der Waals surface area contributed by atoms with Gasteiger partial charge < -0.3 is 0 Å². The summed E-state index contributed by atoms with van der Waals surface area (Å²) >= 11 is 11.9. The Morgan fingerprint density at radius 2 is 2.05 bits per heavy atom. The number of nitrogens with zero attached hydrogens (tertiary/aromatic N) is 2. The van der Waals surface area contributed by atoms with Crippen LogP contribution in [0.15, 0.2) is 18.2 Å². The second-order valence-electron chi connectivity index (χ2n) is 3.88. The Morgan fingerprint density at radius 3 is 2.55 bits per heavy atom. The highest BCUT2D eigenvalue weighted by Gasteiger charge is 2.38. The van der Waals surface area contributed by atoms with Crippen LogP contribution in [-0.2, 0) is 6.18 Å². The lowest BCUT2D eigenvalue weighted by atomic mass is 10.2. The molecule has 10 heteroatoms. The lowest BCUT2D eigenvalue weighted by Gasteiger charge is -2.04. The van der Waals surface area contributed by atoms with Crippen LogP contribution in [-0.4, -0.2) is 10.9 Å². The quantitative estimate of drug-likeness (QED) is 0.845. The summed E-state index contributed by atoms with van der Waals surface area (Å²) in [5, 5.41) is 10.9. The summed E-state index contributed by atoms with van der Waals surface area (Å²) in [6.07, 6.45) is -4.78. The normalized spacial score (nSPS) is 11.1. The van der Waals surface area contributed by atoms with Crippen LogP contribution in [0.1, 0.15) is 20.9 Å². The summed E-state index contributed by atoms with van der Waals surface area (Å²) in [7, 11) is 0. The van der Waals surface area contributed by atoms with Crippen LogP contribution >= 0.6 is 34.5 Å². The Balaban J connectivity index is 2.30. The monoisotopic (exact) mass is 365 g/mol. The van der Waals surface area contributed by atoms with Crippen LogP contribution in [0, 0.1) is 11.3 Å². The number of thiazole rings is 1. The van der Waals surface area contributed by atoms with Crippen LogP contribution in [0.5, 0.6) is 0 Å². The minimum Gasteiger partial charge on any atom is -0.298 e. The Kier molecular flexibility index (Phi) is 4.60. The lowest BCUT2D eigenvalue weighted by Crippen LogP contribution is -2.13. The van der Waals surface area contributed by atoms with Gasteiger partial charge in [-0.15, -0.1) is 0 Å². The maximum atomic E-state index is 12.7. The molecule has 0 aliphatic rings. The van der Waals surface area contributed by atoms with Gasteiger partial charge in [0.25, 0.3) is 5.91 Å². The molecule has 0 radical (unpaired) electrons. The van der Waals surface area contributed by atoms with Crippen molar-refractivity contribution in [2.75, 3.05) is 5.32 Å². The highest BCUT2D eigenvalue weighted by molar-refractivity contribution is 7.16. The van der Waals surface area contributed by atoms with E-state index in [1.807, 2.05) is 0 Å². The number of amides is 1. The Bertz CT molecular complexity index is 783. The summed E-state index contributed by atoms with van der Waals surface area (Å²) in [5.74, 6) is -0.756. The number of nitrogens with one attached hydrogen (secondary N) is 1. The molecule has 1 N–H and O–H groups in total. The van der Waals surface area contributed by atoms with Crippen molar-refractivity contribution in [2.45, 2.75) is 6.18 Å². The number of aromatic nitrogens is 1. The van der Waals surface area contributed by atoms with Gasteiger partial charge >= 0.3 is 6.18 Å². The maximum Gasteiger partial charge on any atom is 0.435 e. The summed E-state index contributed by atoms with van der Waals surface area (Å²) in [6, 6.07) is 5.45. The van der Waals surface area contributed by atoms with Crippen molar-refractivity contribution in [2.24, 2.45) is 0 Å².